The Morgan fingerprint density at radius 2 is 2.04 bits per heavy atom. The molecule has 3 rings (SSSR count). The fourth-order valence-corrected chi connectivity index (χ4v) is 4.53. The molecular formula is C18H17N2O3SSe. The van der Waals surface area contributed by atoms with E-state index < -0.39 is 0 Å². The molecular weight excluding hydrogens is 403 g/mol. The summed E-state index contributed by atoms with van der Waals surface area (Å²) in [6, 6.07) is 8.91. The molecule has 1 aliphatic carbocycles. The molecule has 0 bridgehead atoms. The third kappa shape index (κ3) is 4.00. The number of ether oxygens (including phenoxy) is 1. The van der Waals surface area contributed by atoms with Crippen LogP contribution in [0.1, 0.15) is 44.5 Å². The molecule has 1 aromatic heterocycles. The number of nitrogens with one attached hydrogen (secondary N) is 1. The van der Waals surface area contributed by atoms with E-state index in [2.05, 4.69) is 26.3 Å². The minimum absolute atomic E-state index is 0.250. The molecule has 1 aliphatic rings. The normalized spacial score (nSPS) is 13.4. The fourth-order valence-electron chi connectivity index (χ4n) is 2.76. The molecule has 0 saturated heterocycles. The van der Waals surface area contributed by atoms with Gasteiger partial charge in [-0.3, -0.25) is 0 Å². The van der Waals surface area contributed by atoms with Crippen molar-refractivity contribution in [2.45, 2.75) is 26.2 Å². The second kappa shape index (κ2) is 7.95. The first-order valence-electron chi connectivity index (χ1n) is 8.04. The number of carbonyl (C=O) groups excluding carboxylic acids is 2. The monoisotopic (exact) mass is 421 g/mol. The summed E-state index contributed by atoms with van der Waals surface area (Å²) in [6.07, 6.45) is 2.88. The van der Waals surface area contributed by atoms with E-state index in [1.54, 1.807) is 31.2 Å². The molecule has 2 aromatic rings. The SMILES string of the molecule is CCOC(=O)c1c(/N=C(\[Se])NC(=O)c2ccccc2)sc2c1CCC2. The number of thiophene rings is 1. The molecule has 0 aliphatic heterocycles. The van der Waals surface area contributed by atoms with Gasteiger partial charge in [0.2, 0.25) is 0 Å². The van der Waals surface area contributed by atoms with Crippen molar-refractivity contribution in [1.82, 2.24) is 5.32 Å². The summed E-state index contributed by atoms with van der Waals surface area (Å²) in [6.45, 7) is 2.11. The summed E-state index contributed by atoms with van der Waals surface area (Å²) in [5.41, 5.74) is 2.13. The number of amides is 1. The van der Waals surface area contributed by atoms with Gasteiger partial charge < -0.3 is 0 Å². The van der Waals surface area contributed by atoms with Gasteiger partial charge in [-0.15, -0.1) is 0 Å². The van der Waals surface area contributed by atoms with Gasteiger partial charge in [0.25, 0.3) is 0 Å². The molecule has 1 aromatic carbocycles. The number of esters is 1. The summed E-state index contributed by atoms with van der Waals surface area (Å²) in [5.74, 6) is -0.595. The maximum atomic E-state index is 12.3. The zero-order chi connectivity index (χ0) is 17.8. The standard InChI is InChI=1S/C18H17N2O3SSe/c1-2-23-17(22)14-12-9-6-10-13(12)24-16(14)20-18(25)19-15(21)11-7-4-3-5-8-11/h3-5,7-8H,2,6,9-10H2,1H3,(H,19,20,21). The summed E-state index contributed by atoms with van der Waals surface area (Å²) < 4.78 is 5.52. The summed E-state index contributed by atoms with van der Waals surface area (Å²) >= 11 is 4.26. The number of hydrogen-bond donors (Lipinski definition) is 1. The average Bonchev–Trinajstić information content (AvgIpc) is 3.16. The van der Waals surface area contributed by atoms with Gasteiger partial charge in [-0.05, 0) is 0 Å². The van der Waals surface area contributed by atoms with Gasteiger partial charge in [0.15, 0.2) is 0 Å². The molecule has 1 amide bonds. The molecule has 7 heteroatoms. The summed E-state index contributed by atoms with van der Waals surface area (Å²) in [5, 5.41) is 3.31. The molecule has 0 spiro atoms. The predicted octanol–water partition coefficient (Wildman–Crippen LogP) is 3.00. The molecule has 25 heavy (non-hydrogen) atoms. The number of rotatable bonds is 4. The van der Waals surface area contributed by atoms with Crippen LogP contribution in [0.4, 0.5) is 5.00 Å². The van der Waals surface area contributed by atoms with Crippen LogP contribution < -0.4 is 5.32 Å². The van der Waals surface area contributed by atoms with E-state index in [0.29, 0.717) is 27.5 Å². The quantitative estimate of drug-likeness (QED) is 0.358. The Morgan fingerprint density at radius 1 is 1.28 bits per heavy atom. The number of carbonyl (C=O) groups is 2. The van der Waals surface area contributed by atoms with Gasteiger partial charge in [0.1, 0.15) is 0 Å². The number of nitrogens with zero attached hydrogens (tertiary/aromatic N) is 1. The third-order valence-corrected chi connectivity index (χ3v) is 5.43. The second-order valence-corrected chi connectivity index (χ2v) is 7.39. The van der Waals surface area contributed by atoms with Gasteiger partial charge in [0.05, 0.1) is 0 Å². The predicted molar refractivity (Wildman–Crippen MR) is 99.1 cm³/mol. The zero-order valence-electron chi connectivity index (χ0n) is 13.7. The Labute approximate surface area is 158 Å². The third-order valence-electron chi connectivity index (χ3n) is 3.84. The van der Waals surface area contributed by atoms with Crippen molar-refractivity contribution < 1.29 is 14.3 Å². The van der Waals surface area contributed by atoms with E-state index in [-0.39, 0.29) is 11.9 Å². The van der Waals surface area contributed by atoms with Crippen LogP contribution in [0.25, 0.3) is 0 Å². The van der Waals surface area contributed by atoms with Crippen molar-refractivity contribution in [1.29, 1.82) is 0 Å². The first kappa shape index (κ1) is 17.9. The van der Waals surface area contributed by atoms with Crippen LogP contribution >= 0.6 is 11.3 Å². The van der Waals surface area contributed by atoms with Crippen LogP contribution in [-0.4, -0.2) is 39.2 Å². The van der Waals surface area contributed by atoms with E-state index in [0.717, 1.165) is 24.8 Å². The van der Waals surface area contributed by atoms with Crippen molar-refractivity contribution in [2.75, 3.05) is 6.61 Å². The van der Waals surface area contributed by atoms with Gasteiger partial charge >= 0.3 is 158 Å². The van der Waals surface area contributed by atoms with Crippen LogP contribution in [0.3, 0.4) is 0 Å². The Hall–Kier alpha value is -1.95. The van der Waals surface area contributed by atoms with Gasteiger partial charge in [-0.2, -0.15) is 0 Å². The first-order valence-corrected chi connectivity index (χ1v) is 9.71. The number of aryl methyl sites for hydroxylation is 1. The van der Waals surface area contributed by atoms with Crippen LogP contribution in [0.5, 0.6) is 0 Å². The number of amidine groups is 1. The number of fused-ring (bicyclic) bond motifs is 1. The second-order valence-electron chi connectivity index (χ2n) is 5.50. The molecule has 0 atom stereocenters. The Balaban J connectivity index is 1.85. The molecule has 0 unspecified atom stereocenters. The Bertz CT molecular complexity index is 830. The fraction of sp³-hybridized carbons (Fsp3) is 0.278. The van der Waals surface area contributed by atoms with E-state index in [9.17, 15) is 9.59 Å². The van der Waals surface area contributed by atoms with Gasteiger partial charge in [0, 0.05) is 0 Å². The van der Waals surface area contributed by atoms with Crippen LogP contribution in [0.2, 0.25) is 0 Å². The summed E-state index contributed by atoms with van der Waals surface area (Å²) in [7, 11) is 0. The van der Waals surface area contributed by atoms with E-state index in [1.165, 1.54) is 16.2 Å². The van der Waals surface area contributed by atoms with Crippen LogP contribution in [-0.2, 0) is 17.6 Å². The summed E-state index contributed by atoms with van der Waals surface area (Å²) in [4.78, 5) is 30.2. The first-order chi connectivity index (χ1) is 12.1. The van der Waals surface area contributed by atoms with Crippen molar-refractivity contribution in [2.24, 2.45) is 4.99 Å². The van der Waals surface area contributed by atoms with E-state index in [1.807, 2.05) is 6.07 Å². The number of aliphatic imine (C=N–C) groups is 1. The molecule has 0 saturated carbocycles. The van der Waals surface area contributed by atoms with Crippen LogP contribution in [0, 0.1) is 0 Å². The Kier molecular flexibility index (Phi) is 5.68. The Morgan fingerprint density at radius 3 is 2.76 bits per heavy atom. The van der Waals surface area contributed by atoms with Crippen molar-refractivity contribution in [3.05, 3.63) is 51.9 Å². The molecule has 1 N–H and O–H groups in total. The molecule has 129 valence electrons. The average molecular weight is 420 g/mol. The van der Waals surface area contributed by atoms with E-state index in [4.69, 9.17) is 4.74 Å². The van der Waals surface area contributed by atoms with Gasteiger partial charge in [-0.25, -0.2) is 0 Å². The topological polar surface area (TPSA) is 67.8 Å². The van der Waals surface area contributed by atoms with Crippen molar-refractivity contribution in [3.8, 4) is 0 Å². The van der Waals surface area contributed by atoms with Crippen molar-refractivity contribution >= 4 is 49.0 Å². The van der Waals surface area contributed by atoms with E-state index >= 15 is 0 Å². The number of benzene rings is 1. The van der Waals surface area contributed by atoms with Crippen molar-refractivity contribution in [3.63, 3.8) is 0 Å². The van der Waals surface area contributed by atoms with Crippen LogP contribution in [0.15, 0.2) is 35.3 Å². The molecule has 1 heterocycles. The van der Waals surface area contributed by atoms with Gasteiger partial charge in [-0.1, -0.05) is 0 Å². The molecule has 5 nitrogen and oxygen atoms in total. The molecule has 0 fully saturated rings. The number of hydrogen-bond acceptors (Lipinski definition) is 5. The molecule has 1 radical (unpaired) electrons. The minimum atomic E-state index is -0.345. The zero-order valence-corrected chi connectivity index (χ0v) is 16.2. The maximum absolute atomic E-state index is 12.3.